The number of sulfonamides is 1. The molecule has 7 heteroatoms. The van der Waals surface area contributed by atoms with Gasteiger partial charge < -0.3 is 5.73 Å². The van der Waals surface area contributed by atoms with Gasteiger partial charge in [0.15, 0.2) is 0 Å². The number of rotatable bonds is 4. The van der Waals surface area contributed by atoms with E-state index >= 15 is 0 Å². The smallest absolute Gasteiger partial charge is 0.262 e. The second-order valence-corrected chi connectivity index (χ2v) is 8.34. The SMILES string of the molecule is NC(=O)c1c(NS(=O)(=O)c2ccccc2)sc2c1CCCCC2. The Balaban J connectivity index is 2.02. The lowest BCUT2D eigenvalue weighted by atomic mass is 10.1. The van der Waals surface area contributed by atoms with Crippen molar-refractivity contribution in [3.8, 4) is 0 Å². The molecule has 2 aromatic rings. The van der Waals surface area contributed by atoms with E-state index in [9.17, 15) is 13.2 Å². The van der Waals surface area contributed by atoms with Crippen LogP contribution in [0.1, 0.15) is 40.1 Å². The number of thiophene rings is 1. The van der Waals surface area contributed by atoms with Gasteiger partial charge in [0.2, 0.25) is 0 Å². The van der Waals surface area contributed by atoms with Crippen molar-refractivity contribution in [1.82, 2.24) is 0 Å². The molecule has 1 aromatic heterocycles. The van der Waals surface area contributed by atoms with Gasteiger partial charge in [-0.25, -0.2) is 8.42 Å². The van der Waals surface area contributed by atoms with Crippen LogP contribution in [0.4, 0.5) is 5.00 Å². The third-order valence-corrected chi connectivity index (χ3v) is 6.65. The summed E-state index contributed by atoms with van der Waals surface area (Å²) in [7, 11) is -3.73. The van der Waals surface area contributed by atoms with Gasteiger partial charge in [-0.1, -0.05) is 24.6 Å². The Morgan fingerprint density at radius 2 is 1.78 bits per heavy atom. The number of anilines is 1. The fraction of sp³-hybridized carbons (Fsp3) is 0.312. The molecule has 1 heterocycles. The van der Waals surface area contributed by atoms with E-state index in [1.165, 1.54) is 23.5 Å². The maximum absolute atomic E-state index is 12.5. The highest BCUT2D eigenvalue weighted by Crippen LogP contribution is 2.38. The van der Waals surface area contributed by atoms with Crippen LogP contribution in [0, 0.1) is 0 Å². The van der Waals surface area contributed by atoms with Crippen LogP contribution in [0.5, 0.6) is 0 Å². The Morgan fingerprint density at radius 1 is 1.09 bits per heavy atom. The molecule has 3 rings (SSSR count). The predicted molar refractivity (Wildman–Crippen MR) is 91.3 cm³/mol. The van der Waals surface area contributed by atoms with Crippen LogP contribution in [0.25, 0.3) is 0 Å². The average Bonchev–Trinajstić information content (AvgIpc) is 2.69. The Morgan fingerprint density at radius 3 is 2.48 bits per heavy atom. The van der Waals surface area contributed by atoms with Crippen LogP contribution in [-0.4, -0.2) is 14.3 Å². The minimum Gasteiger partial charge on any atom is -0.365 e. The van der Waals surface area contributed by atoms with Gasteiger partial charge >= 0.3 is 0 Å². The number of carbonyl (C=O) groups excluding carboxylic acids is 1. The van der Waals surface area contributed by atoms with Gasteiger partial charge in [-0.2, -0.15) is 0 Å². The first-order valence-corrected chi connectivity index (χ1v) is 9.81. The molecule has 122 valence electrons. The first-order valence-electron chi connectivity index (χ1n) is 7.51. The van der Waals surface area contributed by atoms with Crippen LogP contribution < -0.4 is 10.5 Å². The van der Waals surface area contributed by atoms with E-state index in [1.54, 1.807) is 18.2 Å². The zero-order valence-corrected chi connectivity index (χ0v) is 14.2. The number of hydrogen-bond donors (Lipinski definition) is 2. The van der Waals surface area contributed by atoms with Crippen LogP contribution in [-0.2, 0) is 22.9 Å². The van der Waals surface area contributed by atoms with Gasteiger partial charge in [0.1, 0.15) is 5.00 Å². The van der Waals surface area contributed by atoms with Gasteiger partial charge in [0.05, 0.1) is 10.5 Å². The number of nitrogens with two attached hydrogens (primary N) is 1. The fourth-order valence-corrected chi connectivity index (χ4v) is 5.48. The summed E-state index contributed by atoms with van der Waals surface area (Å²) in [5, 5.41) is 0.341. The molecule has 1 aromatic carbocycles. The highest BCUT2D eigenvalue weighted by molar-refractivity contribution is 7.93. The number of carbonyl (C=O) groups is 1. The summed E-state index contributed by atoms with van der Waals surface area (Å²) < 4.78 is 27.6. The van der Waals surface area contributed by atoms with Crippen molar-refractivity contribution < 1.29 is 13.2 Å². The summed E-state index contributed by atoms with van der Waals surface area (Å²) in [4.78, 5) is 13.1. The minimum absolute atomic E-state index is 0.166. The van der Waals surface area contributed by atoms with E-state index in [0.29, 0.717) is 10.6 Å². The van der Waals surface area contributed by atoms with E-state index in [1.807, 2.05) is 0 Å². The number of amides is 1. The third-order valence-electron chi connectivity index (χ3n) is 3.95. The van der Waals surface area contributed by atoms with Crippen molar-refractivity contribution in [2.45, 2.75) is 37.0 Å². The van der Waals surface area contributed by atoms with E-state index in [4.69, 9.17) is 5.73 Å². The largest absolute Gasteiger partial charge is 0.365 e. The molecule has 1 amide bonds. The molecule has 0 unspecified atom stereocenters. The number of primary amides is 1. The first kappa shape index (κ1) is 16.0. The Kier molecular flexibility index (Phi) is 4.41. The number of benzene rings is 1. The molecule has 0 spiro atoms. The zero-order valence-electron chi connectivity index (χ0n) is 12.5. The average molecular weight is 350 g/mol. The summed E-state index contributed by atoms with van der Waals surface area (Å²) in [6.45, 7) is 0. The Labute approximate surface area is 139 Å². The van der Waals surface area contributed by atoms with Crippen molar-refractivity contribution >= 4 is 32.3 Å². The zero-order chi connectivity index (χ0) is 16.4. The number of nitrogens with one attached hydrogen (secondary N) is 1. The Bertz CT molecular complexity index is 827. The van der Waals surface area contributed by atoms with Gasteiger partial charge in [-0.3, -0.25) is 9.52 Å². The molecule has 0 fully saturated rings. The molecule has 0 saturated heterocycles. The van der Waals surface area contributed by atoms with Crippen molar-refractivity contribution in [3.05, 3.63) is 46.3 Å². The molecule has 1 aliphatic carbocycles. The summed E-state index contributed by atoms with van der Waals surface area (Å²) in [5.74, 6) is -0.574. The molecule has 5 nitrogen and oxygen atoms in total. The lowest BCUT2D eigenvalue weighted by molar-refractivity contribution is 0.100. The second-order valence-electron chi connectivity index (χ2n) is 5.55. The van der Waals surface area contributed by atoms with Crippen molar-refractivity contribution in [3.63, 3.8) is 0 Å². The van der Waals surface area contributed by atoms with Crippen LogP contribution >= 0.6 is 11.3 Å². The van der Waals surface area contributed by atoms with Crippen molar-refractivity contribution in [1.29, 1.82) is 0 Å². The summed E-state index contributed by atoms with van der Waals surface area (Å²) >= 11 is 1.33. The molecule has 0 saturated carbocycles. The lowest BCUT2D eigenvalue weighted by Crippen LogP contribution is -2.18. The van der Waals surface area contributed by atoms with Crippen LogP contribution in [0.2, 0.25) is 0 Å². The van der Waals surface area contributed by atoms with Gasteiger partial charge in [0, 0.05) is 4.88 Å². The van der Waals surface area contributed by atoms with Gasteiger partial charge in [-0.15, -0.1) is 11.3 Å². The standard InChI is InChI=1S/C16H18N2O3S2/c17-15(19)14-12-9-5-2-6-10-13(12)22-16(14)18-23(20,21)11-7-3-1-4-8-11/h1,3-4,7-8,18H,2,5-6,9-10H2,(H2,17,19). The molecule has 3 N–H and O–H groups in total. The van der Waals surface area contributed by atoms with E-state index in [-0.39, 0.29) is 4.90 Å². The van der Waals surface area contributed by atoms with E-state index < -0.39 is 15.9 Å². The molecule has 0 atom stereocenters. The number of fused-ring (bicyclic) bond motifs is 1. The van der Waals surface area contributed by atoms with Crippen molar-refractivity contribution in [2.24, 2.45) is 5.73 Å². The summed E-state index contributed by atoms with van der Waals surface area (Å²) in [6, 6.07) is 8.11. The quantitative estimate of drug-likeness (QED) is 0.831. The highest BCUT2D eigenvalue weighted by Gasteiger charge is 2.26. The van der Waals surface area contributed by atoms with Gasteiger partial charge in [-0.05, 0) is 43.4 Å². The normalized spacial score (nSPS) is 14.8. The number of hydrogen-bond acceptors (Lipinski definition) is 4. The molecule has 0 bridgehead atoms. The van der Waals surface area contributed by atoms with Crippen LogP contribution in [0.15, 0.2) is 35.2 Å². The maximum Gasteiger partial charge on any atom is 0.262 e. The third kappa shape index (κ3) is 3.25. The maximum atomic E-state index is 12.5. The lowest BCUT2D eigenvalue weighted by Gasteiger charge is -2.08. The van der Waals surface area contributed by atoms with Crippen LogP contribution in [0.3, 0.4) is 0 Å². The van der Waals surface area contributed by atoms with Gasteiger partial charge in [0.25, 0.3) is 15.9 Å². The monoisotopic (exact) mass is 350 g/mol. The van der Waals surface area contributed by atoms with Crippen molar-refractivity contribution in [2.75, 3.05) is 4.72 Å². The minimum atomic E-state index is -3.73. The Hall–Kier alpha value is -1.86. The highest BCUT2D eigenvalue weighted by atomic mass is 32.2. The number of aryl methyl sites for hydroxylation is 1. The predicted octanol–water partition coefficient (Wildman–Crippen LogP) is 2.92. The molecule has 23 heavy (non-hydrogen) atoms. The molecule has 0 aliphatic heterocycles. The second kappa shape index (κ2) is 6.33. The molecule has 0 radical (unpaired) electrons. The molecular formula is C16H18N2O3S2. The first-order chi connectivity index (χ1) is 11.0. The van der Waals surface area contributed by atoms with E-state index in [2.05, 4.69) is 4.72 Å². The fourth-order valence-electron chi connectivity index (χ4n) is 2.86. The molecular weight excluding hydrogens is 332 g/mol. The summed E-state index contributed by atoms with van der Waals surface area (Å²) in [5.41, 5.74) is 6.79. The van der Waals surface area contributed by atoms with E-state index in [0.717, 1.165) is 42.5 Å². The topological polar surface area (TPSA) is 89.3 Å². The molecule has 1 aliphatic rings. The summed E-state index contributed by atoms with van der Waals surface area (Å²) in [6.07, 6.45) is 4.81.